The molecule has 0 heterocycles. The third-order valence-corrected chi connectivity index (χ3v) is 3.88. The van der Waals surface area contributed by atoms with Gasteiger partial charge in [-0.15, -0.1) is 0 Å². The molecule has 1 aromatic carbocycles. The van der Waals surface area contributed by atoms with Crippen molar-refractivity contribution in [3.05, 3.63) is 35.9 Å². The molecule has 0 spiro atoms. The molecule has 16 heavy (non-hydrogen) atoms. The summed E-state index contributed by atoms with van der Waals surface area (Å²) in [5, 5.41) is 0. The van der Waals surface area contributed by atoms with Crippen molar-refractivity contribution >= 4 is 9.84 Å². The van der Waals surface area contributed by atoms with Crippen molar-refractivity contribution in [2.75, 3.05) is 33.4 Å². The molecule has 3 nitrogen and oxygen atoms in total. The highest BCUT2D eigenvalue weighted by molar-refractivity contribution is 7.90. The summed E-state index contributed by atoms with van der Waals surface area (Å²) in [6.45, 7) is 0.648. The van der Waals surface area contributed by atoms with Crippen molar-refractivity contribution in [1.29, 1.82) is 0 Å². The van der Waals surface area contributed by atoms with Gasteiger partial charge in [-0.05, 0) is 5.56 Å². The van der Waals surface area contributed by atoms with Crippen LogP contribution in [0.4, 0.5) is 0 Å². The molecular formula is C12H20NO2S+. The van der Waals surface area contributed by atoms with Gasteiger partial charge < -0.3 is 4.48 Å². The van der Waals surface area contributed by atoms with Crippen LogP contribution in [0.15, 0.2) is 30.3 Å². The third kappa shape index (κ3) is 5.28. The number of nitrogens with zero attached hydrogens (tertiary/aromatic N) is 1. The predicted octanol–water partition coefficient (Wildman–Crippen LogP) is 1.31. The van der Waals surface area contributed by atoms with Gasteiger partial charge in [0.15, 0.2) is 9.84 Å². The van der Waals surface area contributed by atoms with Crippen LogP contribution in [0.2, 0.25) is 0 Å². The van der Waals surface area contributed by atoms with Gasteiger partial charge in [-0.3, -0.25) is 0 Å². The Labute approximate surface area is 98.2 Å². The summed E-state index contributed by atoms with van der Waals surface area (Å²) < 4.78 is 24.3. The maximum Gasteiger partial charge on any atom is 0.159 e. The first-order valence-corrected chi connectivity index (χ1v) is 7.15. The number of hydrogen-bond donors (Lipinski definition) is 0. The zero-order valence-corrected chi connectivity index (χ0v) is 11.0. The van der Waals surface area contributed by atoms with Crippen molar-refractivity contribution < 1.29 is 12.9 Å². The largest absolute Gasteiger partial charge is 0.330 e. The number of sulfone groups is 1. The monoisotopic (exact) mass is 242 g/mol. The van der Waals surface area contributed by atoms with Crippen molar-refractivity contribution in [3.63, 3.8) is 0 Å². The van der Waals surface area contributed by atoms with Crippen LogP contribution < -0.4 is 0 Å². The van der Waals surface area contributed by atoms with Gasteiger partial charge in [0.05, 0.1) is 39.2 Å². The second-order valence-electron chi connectivity index (χ2n) is 5.09. The molecule has 0 fully saturated rings. The first-order valence-electron chi connectivity index (χ1n) is 5.33. The van der Waals surface area contributed by atoms with Crippen LogP contribution in [0, 0.1) is 0 Å². The van der Waals surface area contributed by atoms with Crippen LogP contribution >= 0.6 is 0 Å². The molecule has 1 rings (SSSR count). The first kappa shape index (κ1) is 13.2. The van der Waals surface area contributed by atoms with Gasteiger partial charge in [-0.25, -0.2) is 8.42 Å². The molecule has 90 valence electrons. The molecule has 0 atom stereocenters. The quantitative estimate of drug-likeness (QED) is 0.730. The Morgan fingerprint density at radius 1 is 1.06 bits per heavy atom. The average molecular weight is 242 g/mol. The summed E-state index contributed by atoms with van der Waals surface area (Å²) in [5.41, 5.74) is 0.865. The normalized spacial score (nSPS) is 12.7. The Kier molecular flexibility index (Phi) is 4.10. The highest BCUT2D eigenvalue weighted by Gasteiger charge is 2.17. The van der Waals surface area contributed by atoms with Gasteiger partial charge in [0.25, 0.3) is 0 Å². The van der Waals surface area contributed by atoms with E-state index in [1.54, 1.807) is 0 Å². The molecular weight excluding hydrogens is 222 g/mol. The van der Waals surface area contributed by atoms with E-state index in [-0.39, 0.29) is 11.5 Å². The summed E-state index contributed by atoms with van der Waals surface area (Å²) in [4.78, 5) is 0. The van der Waals surface area contributed by atoms with E-state index >= 15 is 0 Å². The fourth-order valence-corrected chi connectivity index (χ4v) is 2.98. The number of quaternary nitrogens is 1. The van der Waals surface area contributed by atoms with Crippen LogP contribution in [0.1, 0.15) is 5.56 Å². The fraction of sp³-hybridized carbons (Fsp3) is 0.500. The van der Waals surface area contributed by atoms with Crippen molar-refractivity contribution in [2.45, 2.75) is 5.75 Å². The molecule has 0 saturated heterocycles. The van der Waals surface area contributed by atoms with Crippen LogP contribution in [-0.2, 0) is 15.6 Å². The molecule has 1 aromatic rings. The zero-order chi connectivity index (χ0) is 12.2. The van der Waals surface area contributed by atoms with Crippen molar-refractivity contribution in [2.24, 2.45) is 0 Å². The molecule has 0 aliphatic carbocycles. The summed E-state index contributed by atoms with van der Waals surface area (Å²) in [5.74, 6) is 0.388. The zero-order valence-electron chi connectivity index (χ0n) is 10.2. The predicted molar refractivity (Wildman–Crippen MR) is 66.8 cm³/mol. The number of hydrogen-bond acceptors (Lipinski definition) is 2. The minimum atomic E-state index is -2.98. The molecule has 0 saturated carbocycles. The first-order chi connectivity index (χ1) is 7.29. The Morgan fingerprint density at radius 2 is 1.62 bits per heavy atom. The minimum absolute atomic E-state index is 0.147. The van der Waals surface area contributed by atoms with E-state index in [4.69, 9.17) is 0 Å². The maximum absolute atomic E-state index is 11.8. The molecule has 0 radical (unpaired) electrons. The molecule has 0 aromatic heterocycles. The number of benzene rings is 1. The smallest absolute Gasteiger partial charge is 0.159 e. The number of rotatable bonds is 5. The second kappa shape index (κ2) is 4.97. The van der Waals surface area contributed by atoms with Crippen LogP contribution in [-0.4, -0.2) is 46.3 Å². The van der Waals surface area contributed by atoms with E-state index in [0.717, 1.165) is 5.56 Å². The Balaban J connectivity index is 2.60. The van der Waals surface area contributed by atoms with E-state index in [2.05, 4.69) is 0 Å². The second-order valence-corrected chi connectivity index (χ2v) is 7.28. The lowest BCUT2D eigenvalue weighted by Gasteiger charge is -2.23. The third-order valence-electron chi connectivity index (χ3n) is 2.30. The summed E-state index contributed by atoms with van der Waals surface area (Å²) >= 11 is 0. The van der Waals surface area contributed by atoms with Gasteiger partial charge >= 0.3 is 0 Å². The molecule has 4 heteroatoms. The van der Waals surface area contributed by atoms with E-state index < -0.39 is 9.84 Å². The molecule has 0 amide bonds. The fourth-order valence-electron chi connectivity index (χ4n) is 1.31. The maximum atomic E-state index is 11.8. The lowest BCUT2D eigenvalue weighted by Crippen LogP contribution is -2.38. The van der Waals surface area contributed by atoms with E-state index in [1.807, 2.05) is 51.5 Å². The Hall–Kier alpha value is -0.870. The molecule has 0 aliphatic heterocycles. The van der Waals surface area contributed by atoms with E-state index in [9.17, 15) is 8.42 Å². The Morgan fingerprint density at radius 3 is 2.12 bits per heavy atom. The van der Waals surface area contributed by atoms with Crippen LogP contribution in [0.25, 0.3) is 0 Å². The standard InChI is InChI=1S/C12H20NO2S/c1-13(2,3)9-10-16(14,15)11-12-7-5-4-6-8-12/h4-8H,9-11H2,1-3H3/q+1. The topological polar surface area (TPSA) is 34.1 Å². The summed E-state index contributed by atoms with van der Waals surface area (Å²) in [7, 11) is 3.01. The summed E-state index contributed by atoms with van der Waals surface area (Å²) in [6, 6.07) is 9.32. The lowest BCUT2D eigenvalue weighted by molar-refractivity contribution is -0.867. The molecule has 0 unspecified atom stereocenters. The van der Waals surface area contributed by atoms with Crippen molar-refractivity contribution in [3.8, 4) is 0 Å². The Bertz CT molecular complexity index is 418. The van der Waals surface area contributed by atoms with Gasteiger partial charge in [-0.1, -0.05) is 30.3 Å². The summed E-state index contributed by atoms with van der Waals surface area (Å²) in [6.07, 6.45) is 0. The highest BCUT2D eigenvalue weighted by atomic mass is 32.2. The van der Waals surface area contributed by atoms with E-state index in [1.165, 1.54) is 0 Å². The lowest BCUT2D eigenvalue weighted by atomic mass is 10.2. The SMILES string of the molecule is C[N+](C)(C)CCS(=O)(=O)Cc1ccccc1. The van der Waals surface area contributed by atoms with Crippen LogP contribution in [0.3, 0.4) is 0 Å². The molecule has 0 N–H and O–H groups in total. The molecule has 0 bridgehead atoms. The minimum Gasteiger partial charge on any atom is -0.330 e. The average Bonchev–Trinajstić information content (AvgIpc) is 2.15. The van der Waals surface area contributed by atoms with Crippen LogP contribution in [0.5, 0.6) is 0 Å². The van der Waals surface area contributed by atoms with Gasteiger partial charge in [0, 0.05) is 0 Å². The van der Waals surface area contributed by atoms with Gasteiger partial charge in [0.2, 0.25) is 0 Å². The molecule has 0 aliphatic rings. The highest BCUT2D eigenvalue weighted by Crippen LogP contribution is 2.07. The van der Waals surface area contributed by atoms with Gasteiger partial charge in [0.1, 0.15) is 0 Å². The van der Waals surface area contributed by atoms with Gasteiger partial charge in [-0.2, -0.15) is 0 Å². The van der Waals surface area contributed by atoms with Crippen molar-refractivity contribution in [1.82, 2.24) is 0 Å². The van der Waals surface area contributed by atoms with E-state index in [0.29, 0.717) is 11.0 Å².